The number of hydrogen-bond donors (Lipinski definition) is 2. The topological polar surface area (TPSA) is 46.2 Å². The third kappa shape index (κ3) is 3.62. The van der Waals surface area contributed by atoms with Gasteiger partial charge in [0.1, 0.15) is 5.82 Å². The van der Waals surface area contributed by atoms with Crippen LogP contribution in [0.3, 0.4) is 0 Å². The van der Waals surface area contributed by atoms with Gasteiger partial charge in [0.15, 0.2) is 0 Å². The molecule has 1 aliphatic carbocycles. The first kappa shape index (κ1) is 18.5. The maximum atomic E-state index is 14.0. The van der Waals surface area contributed by atoms with Crippen LogP contribution in [0.2, 0.25) is 5.02 Å². The summed E-state index contributed by atoms with van der Waals surface area (Å²) in [6.07, 6.45) is -3.72. The van der Waals surface area contributed by atoms with E-state index in [4.69, 9.17) is 17.3 Å². The molecule has 3 N–H and O–H groups in total. The first-order valence-electron chi connectivity index (χ1n) is 6.22. The molecule has 0 amide bonds. The van der Waals surface area contributed by atoms with Gasteiger partial charge in [0.25, 0.3) is 0 Å². The van der Waals surface area contributed by atoms with E-state index in [2.05, 4.69) is 0 Å². The fourth-order valence-electron chi connectivity index (χ4n) is 2.38. The van der Waals surface area contributed by atoms with Gasteiger partial charge in [-0.25, -0.2) is 4.39 Å². The van der Waals surface area contributed by atoms with Crippen molar-refractivity contribution in [2.24, 2.45) is 11.7 Å². The summed E-state index contributed by atoms with van der Waals surface area (Å²) < 4.78 is 52.8. The molecule has 0 saturated heterocycles. The van der Waals surface area contributed by atoms with Crippen LogP contribution in [-0.2, 0) is 6.18 Å². The maximum absolute atomic E-state index is 14.0. The summed E-state index contributed by atoms with van der Waals surface area (Å²) in [6.45, 7) is 0. The molecule has 1 saturated carbocycles. The number of benzene rings is 1. The fourth-order valence-corrected chi connectivity index (χ4v) is 2.55. The third-order valence-electron chi connectivity index (χ3n) is 3.77. The highest BCUT2D eigenvalue weighted by molar-refractivity contribution is 6.30. The number of alkyl halides is 3. The molecule has 0 unspecified atom stereocenters. The Hall–Kier alpha value is -0.560. The lowest BCUT2D eigenvalue weighted by Crippen LogP contribution is -2.38. The zero-order chi connectivity index (χ0) is 15.1. The largest absolute Gasteiger partial charge is 0.416 e. The highest BCUT2D eigenvalue weighted by atomic mass is 35.5. The molecule has 2 atom stereocenters. The van der Waals surface area contributed by atoms with Crippen LogP contribution in [0.4, 0.5) is 17.6 Å². The number of hydrogen-bond acceptors (Lipinski definition) is 2. The summed E-state index contributed by atoms with van der Waals surface area (Å²) in [5.74, 6) is -1.41. The van der Waals surface area contributed by atoms with Crippen LogP contribution in [0.1, 0.15) is 36.4 Å². The molecular formula is C13H15Cl2F4NO. The molecule has 21 heavy (non-hydrogen) atoms. The Morgan fingerprint density at radius 3 is 2.29 bits per heavy atom. The van der Waals surface area contributed by atoms with Gasteiger partial charge in [-0.3, -0.25) is 0 Å². The van der Waals surface area contributed by atoms with Crippen molar-refractivity contribution in [3.63, 3.8) is 0 Å². The van der Waals surface area contributed by atoms with Crippen LogP contribution in [-0.4, -0.2) is 11.2 Å². The Morgan fingerprint density at radius 1 is 1.29 bits per heavy atom. The van der Waals surface area contributed by atoms with E-state index in [0.717, 1.165) is 12.5 Å². The van der Waals surface area contributed by atoms with Crippen molar-refractivity contribution in [1.29, 1.82) is 0 Å². The van der Waals surface area contributed by atoms with E-state index in [1.807, 2.05) is 0 Å². The van der Waals surface area contributed by atoms with E-state index in [1.54, 1.807) is 0 Å². The molecule has 0 aromatic heterocycles. The van der Waals surface area contributed by atoms with Gasteiger partial charge in [0, 0.05) is 5.56 Å². The second-order valence-electron chi connectivity index (χ2n) is 5.03. The van der Waals surface area contributed by atoms with Gasteiger partial charge >= 0.3 is 6.18 Å². The standard InChI is InChI=1S/C13H14ClF4NO.ClH/c14-8-5-4-7(13(16,17)18)9(10(8)15)11(19)12(20)6-2-1-3-6;/h4-6,11-12,20H,1-3,19H2;1H/t11-,12+;/m0./s1. The summed E-state index contributed by atoms with van der Waals surface area (Å²) in [5, 5.41) is 9.55. The molecule has 1 aliphatic rings. The molecule has 0 bridgehead atoms. The smallest absolute Gasteiger partial charge is 0.391 e. The highest BCUT2D eigenvalue weighted by Gasteiger charge is 2.40. The van der Waals surface area contributed by atoms with Crippen molar-refractivity contribution in [2.45, 2.75) is 37.6 Å². The third-order valence-corrected chi connectivity index (χ3v) is 4.06. The van der Waals surface area contributed by atoms with Gasteiger partial charge in [-0.15, -0.1) is 12.4 Å². The van der Waals surface area contributed by atoms with Crippen molar-refractivity contribution in [1.82, 2.24) is 0 Å². The average Bonchev–Trinajstić information content (AvgIpc) is 2.27. The first-order valence-corrected chi connectivity index (χ1v) is 6.60. The van der Waals surface area contributed by atoms with E-state index >= 15 is 0 Å². The zero-order valence-electron chi connectivity index (χ0n) is 10.8. The van der Waals surface area contributed by atoms with E-state index < -0.39 is 40.3 Å². The lowest BCUT2D eigenvalue weighted by Gasteiger charge is -2.34. The minimum atomic E-state index is -4.75. The average molecular weight is 348 g/mol. The molecule has 0 heterocycles. The summed E-state index contributed by atoms with van der Waals surface area (Å²) >= 11 is 5.53. The molecular weight excluding hydrogens is 333 g/mol. The number of halogens is 6. The van der Waals surface area contributed by atoms with Crippen LogP contribution in [0.5, 0.6) is 0 Å². The SMILES string of the molecule is Cl.N[C@@H](c1c(C(F)(F)F)ccc(Cl)c1F)[C@H](O)C1CCC1. The Labute approximate surface area is 130 Å². The van der Waals surface area contributed by atoms with Gasteiger partial charge in [-0.05, 0) is 30.9 Å². The van der Waals surface area contributed by atoms with Crippen LogP contribution in [0, 0.1) is 11.7 Å². The quantitative estimate of drug-likeness (QED) is 0.809. The van der Waals surface area contributed by atoms with Crippen LogP contribution >= 0.6 is 24.0 Å². The highest BCUT2D eigenvalue weighted by Crippen LogP contribution is 2.41. The maximum Gasteiger partial charge on any atom is 0.416 e. The summed E-state index contributed by atoms with van der Waals surface area (Å²) in [4.78, 5) is 0. The fraction of sp³-hybridized carbons (Fsp3) is 0.538. The lowest BCUT2D eigenvalue weighted by molar-refractivity contribution is -0.139. The van der Waals surface area contributed by atoms with Gasteiger partial charge in [-0.1, -0.05) is 18.0 Å². The van der Waals surface area contributed by atoms with Gasteiger partial charge in [-0.2, -0.15) is 13.2 Å². The van der Waals surface area contributed by atoms with Crippen molar-refractivity contribution in [3.8, 4) is 0 Å². The number of rotatable bonds is 3. The molecule has 1 aromatic rings. The normalized spacial score (nSPS) is 18.6. The number of aliphatic hydroxyl groups excluding tert-OH is 1. The van der Waals surface area contributed by atoms with Crippen molar-refractivity contribution < 1.29 is 22.7 Å². The predicted octanol–water partition coefficient (Wildman–Crippen LogP) is 4.08. The van der Waals surface area contributed by atoms with E-state index in [1.165, 1.54) is 0 Å². The van der Waals surface area contributed by atoms with E-state index in [-0.39, 0.29) is 18.3 Å². The minimum absolute atomic E-state index is 0. The van der Waals surface area contributed by atoms with Gasteiger partial charge in [0.05, 0.1) is 22.7 Å². The van der Waals surface area contributed by atoms with Gasteiger partial charge in [0.2, 0.25) is 0 Å². The molecule has 2 rings (SSSR count). The molecule has 8 heteroatoms. The van der Waals surface area contributed by atoms with Crippen LogP contribution < -0.4 is 5.73 Å². The Bertz CT molecular complexity index is 506. The monoisotopic (exact) mass is 347 g/mol. The van der Waals surface area contributed by atoms with Gasteiger partial charge < -0.3 is 10.8 Å². The van der Waals surface area contributed by atoms with E-state index in [0.29, 0.717) is 18.9 Å². The number of nitrogens with two attached hydrogens (primary N) is 1. The molecule has 0 aliphatic heterocycles. The Balaban J connectivity index is 0.00000220. The van der Waals surface area contributed by atoms with Crippen molar-refractivity contribution in [2.75, 3.05) is 0 Å². The molecule has 0 radical (unpaired) electrons. The molecule has 0 spiro atoms. The Morgan fingerprint density at radius 2 is 1.86 bits per heavy atom. The van der Waals surface area contributed by atoms with Crippen molar-refractivity contribution in [3.05, 3.63) is 34.1 Å². The summed E-state index contributed by atoms with van der Waals surface area (Å²) in [7, 11) is 0. The van der Waals surface area contributed by atoms with Crippen LogP contribution in [0.25, 0.3) is 0 Å². The van der Waals surface area contributed by atoms with Crippen molar-refractivity contribution >= 4 is 24.0 Å². The predicted molar refractivity (Wildman–Crippen MR) is 73.9 cm³/mol. The summed E-state index contributed by atoms with van der Waals surface area (Å²) in [6, 6.07) is 0.0790. The minimum Gasteiger partial charge on any atom is -0.391 e. The molecule has 2 nitrogen and oxygen atoms in total. The number of aliphatic hydroxyl groups is 1. The Kier molecular flexibility index (Phi) is 5.89. The van der Waals surface area contributed by atoms with Crippen LogP contribution in [0.15, 0.2) is 12.1 Å². The molecule has 1 aromatic carbocycles. The molecule has 120 valence electrons. The first-order chi connectivity index (χ1) is 9.23. The summed E-state index contributed by atoms with van der Waals surface area (Å²) in [5.41, 5.74) is 3.72. The second-order valence-corrected chi connectivity index (χ2v) is 5.43. The van der Waals surface area contributed by atoms with E-state index in [9.17, 15) is 22.7 Å². The lowest BCUT2D eigenvalue weighted by atomic mass is 9.77. The zero-order valence-corrected chi connectivity index (χ0v) is 12.4. The second kappa shape index (κ2) is 6.69. The molecule has 1 fully saturated rings.